The highest BCUT2D eigenvalue weighted by molar-refractivity contribution is 5.27. The Morgan fingerprint density at radius 1 is 1.12 bits per heavy atom. The summed E-state index contributed by atoms with van der Waals surface area (Å²) in [6.45, 7) is 0.523. The smallest absolute Gasteiger partial charge is 0.138 e. The van der Waals surface area contributed by atoms with Crippen molar-refractivity contribution in [3.05, 3.63) is 54.4 Å². The number of aromatic nitrogens is 1. The van der Waals surface area contributed by atoms with Gasteiger partial charge in [-0.05, 0) is 29.8 Å². The van der Waals surface area contributed by atoms with E-state index in [2.05, 4.69) is 11.2 Å². The molecule has 0 unspecified atom stereocenters. The van der Waals surface area contributed by atoms with Gasteiger partial charge < -0.3 is 9.47 Å². The number of benzene rings is 1. The number of hydrogen-bond donors (Lipinski definition) is 0. The first kappa shape index (κ1) is 10.5. The monoisotopic (exact) mass is 214 g/mol. The Labute approximate surface area is 94.7 Å². The van der Waals surface area contributed by atoms with Crippen molar-refractivity contribution in [3.63, 3.8) is 0 Å². The number of rotatable bonds is 4. The Balaban J connectivity index is 1.94. The molecular formula is C13H12NO2. The molecule has 0 atom stereocenters. The van der Waals surface area contributed by atoms with Gasteiger partial charge in [0, 0.05) is 0 Å². The van der Waals surface area contributed by atoms with Gasteiger partial charge in [-0.15, -0.1) is 0 Å². The van der Waals surface area contributed by atoms with Crippen LogP contribution in [0.1, 0.15) is 5.56 Å². The topological polar surface area (TPSA) is 31.4 Å². The molecule has 2 rings (SSSR count). The summed E-state index contributed by atoms with van der Waals surface area (Å²) in [4.78, 5) is 3.85. The molecule has 0 spiro atoms. The first-order valence-corrected chi connectivity index (χ1v) is 4.96. The summed E-state index contributed by atoms with van der Waals surface area (Å²) in [5, 5.41) is 0. The Bertz CT molecular complexity index is 425. The summed E-state index contributed by atoms with van der Waals surface area (Å²) < 4.78 is 10.6. The van der Waals surface area contributed by atoms with Gasteiger partial charge in [0.1, 0.15) is 18.1 Å². The van der Waals surface area contributed by atoms with E-state index in [0.717, 1.165) is 17.1 Å². The highest BCUT2D eigenvalue weighted by Crippen LogP contribution is 2.14. The summed E-state index contributed by atoms with van der Waals surface area (Å²) in [6, 6.07) is 11.3. The largest absolute Gasteiger partial charge is 0.497 e. The highest BCUT2D eigenvalue weighted by Gasteiger charge is 1.96. The predicted molar refractivity (Wildman–Crippen MR) is 60.4 cm³/mol. The lowest BCUT2D eigenvalue weighted by molar-refractivity contribution is 0.304. The van der Waals surface area contributed by atoms with E-state index in [0.29, 0.717) is 6.61 Å². The van der Waals surface area contributed by atoms with E-state index in [1.54, 1.807) is 19.4 Å². The SMILES string of the molecule is COc1ccc(COc2cc[c]nc2)cc1. The van der Waals surface area contributed by atoms with Crippen LogP contribution in [-0.4, -0.2) is 12.1 Å². The Morgan fingerprint density at radius 3 is 2.56 bits per heavy atom. The third-order valence-corrected chi connectivity index (χ3v) is 2.15. The van der Waals surface area contributed by atoms with E-state index in [1.807, 2.05) is 30.3 Å². The van der Waals surface area contributed by atoms with Crippen LogP contribution in [0.5, 0.6) is 11.5 Å². The molecule has 1 radical (unpaired) electrons. The average Bonchev–Trinajstić information content (AvgIpc) is 2.38. The fraction of sp³-hybridized carbons (Fsp3) is 0.154. The number of methoxy groups -OCH3 is 1. The van der Waals surface area contributed by atoms with Gasteiger partial charge in [-0.3, -0.25) is 4.98 Å². The summed E-state index contributed by atoms with van der Waals surface area (Å²) in [6.07, 6.45) is 4.34. The molecular weight excluding hydrogens is 202 g/mol. The van der Waals surface area contributed by atoms with Crippen LogP contribution in [0.2, 0.25) is 0 Å². The zero-order chi connectivity index (χ0) is 11.2. The van der Waals surface area contributed by atoms with E-state index >= 15 is 0 Å². The lowest BCUT2D eigenvalue weighted by Crippen LogP contribution is -1.95. The van der Waals surface area contributed by atoms with E-state index < -0.39 is 0 Å². The van der Waals surface area contributed by atoms with E-state index in [1.165, 1.54) is 0 Å². The third-order valence-electron chi connectivity index (χ3n) is 2.15. The molecule has 0 saturated carbocycles. The molecule has 0 aliphatic carbocycles. The molecule has 1 heterocycles. The first-order valence-electron chi connectivity index (χ1n) is 4.96. The van der Waals surface area contributed by atoms with Gasteiger partial charge in [-0.2, -0.15) is 0 Å². The molecule has 0 saturated heterocycles. The molecule has 3 nitrogen and oxygen atoms in total. The number of pyridine rings is 1. The number of ether oxygens (including phenoxy) is 2. The fourth-order valence-electron chi connectivity index (χ4n) is 1.28. The molecule has 0 aliphatic rings. The molecule has 0 amide bonds. The zero-order valence-electron chi connectivity index (χ0n) is 9.01. The minimum absolute atomic E-state index is 0.523. The van der Waals surface area contributed by atoms with Crippen molar-refractivity contribution >= 4 is 0 Å². The molecule has 2 aromatic rings. The maximum atomic E-state index is 5.54. The van der Waals surface area contributed by atoms with Crippen molar-refractivity contribution in [2.75, 3.05) is 7.11 Å². The van der Waals surface area contributed by atoms with Gasteiger partial charge >= 0.3 is 0 Å². The summed E-state index contributed by atoms with van der Waals surface area (Å²) >= 11 is 0. The number of nitrogens with zero attached hydrogens (tertiary/aromatic N) is 1. The van der Waals surface area contributed by atoms with Crippen LogP contribution in [0.3, 0.4) is 0 Å². The minimum atomic E-state index is 0.523. The van der Waals surface area contributed by atoms with Crippen molar-refractivity contribution in [3.8, 4) is 11.5 Å². The van der Waals surface area contributed by atoms with Crippen molar-refractivity contribution in [1.82, 2.24) is 4.98 Å². The standard InChI is InChI=1S/C13H12NO2/c1-15-12-6-4-11(5-7-12)10-16-13-3-2-8-14-9-13/h2-7,9H,10H2,1H3. The Kier molecular flexibility index (Phi) is 3.38. The molecule has 16 heavy (non-hydrogen) atoms. The second-order valence-electron chi connectivity index (χ2n) is 3.26. The zero-order valence-corrected chi connectivity index (χ0v) is 9.01. The van der Waals surface area contributed by atoms with Crippen LogP contribution in [0.15, 0.2) is 42.6 Å². The maximum absolute atomic E-state index is 5.54. The van der Waals surface area contributed by atoms with Crippen LogP contribution in [-0.2, 0) is 6.61 Å². The summed E-state index contributed by atoms with van der Waals surface area (Å²) in [5.74, 6) is 1.59. The molecule has 3 heteroatoms. The highest BCUT2D eigenvalue weighted by atomic mass is 16.5. The lowest BCUT2D eigenvalue weighted by atomic mass is 10.2. The second-order valence-corrected chi connectivity index (χ2v) is 3.26. The van der Waals surface area contributed by atoms with Crippen LogP contribution in [0.25, 0.3) is 0 Å². The summed E-state index contributed by atoms with van der Waals surface area (Å²) in [7, 11) is 1.65. The molecule has 0 fully saturated rings. The molecule has 0 bridgehead atoms. The van der Waals surface area contributed by atoms with E-state index in [9.17, 15) is 0 Å². The predicted octanol–water partition coefficient (Wildman–Crippen LogP) is 2.47. The first-order chi connectivity index (χ1) is 7.88. The quantitative estimate of drug-likeness (QED) is 0.783. The van der Waals surface area contributed by atoms with E-state index in [4.69, 9.17) is 9.47 Å². The molecule has 1 aromatic carbocycles. The van der Waals surface area contributed by atoms with Crippen molar-refractivity contribution in [2.24, 2.45) is 0 Å². The summed E-state index contributed by atoms with van der Waals surface area (Å²) in [5.41, 5.74) is 1.09. The molecule has 1 aromatic heterocycles. The van der Waals surface area contributed by atoms with Gasteiger partial charge in [-0.1, -0.05) is 12.1 Å². The maximum Gasteiger partial charge on any atom is 0.138 e. The second kappa shape index (κ2) is 5.16. The normalized spacial score (nSPS) is 9.81. The van der Waals surface area contributed by atoms with E-state index in [-0.39, 0.29) is 0 Å². The van der Waals surface area contributed by atoms with Crippen LogP contribution < -0.4 is 9.47 Å². The average molecular weight is 214 g/mol. The third kappa shape index (κ3) is 2.73. The number of hydrogen-bond acceptors (Lipinski definition) is 3. The van der Waals surface area contributed by atoms with Gasteiger partial charge in [0.25, 0.3) is 0 Å². The van der Waals surface area contributed by atoms with Gasteiger partial charge in [0.15, 0.2) is 0 Å². The van der Waals surface area contributed by atoms with Crippen molar-refractivity contribution < 1.29 is 9.47 Å². The van der Waals surface area contributed by atoms with Crippen molar-refractivity contribution in [2.45, 2.75) is 6.61 Å². The molecule has 0 aliphatic heterocycles. The molecule has 0 N–H and O–H groups in total. The Morgan fingerprint density at radius 2 is 1.94 bits per heavy atom. The van der Waals surface area contributed by atoms with Crippen LogP contribution >= 0.6 is 0 Å². The lowest BCUT2D eigenvalue weighted by Gasteiger charge is -2.06. The Hall–Kier alpha value is -2.03. The van der Waals surface area contributed by atoms with Crippen molar-refractivity contribution in [1.29, 1.82) is 0 Å². The van der Waals surface area contributed by atoms with Crippen LogP contribution in [0.4, 0.5) is 0 Å². The van der Waals surface area contributed by atoms with Gasteiger partial charge in [0.05, 0.1) is 19.5 Å². The van der Waals surface area contributed by atoms with Crippen LogP contribution in [0, 0.1) is 6.20 Å². The minimum Gasteiger partial charge on any atom is -0.497 e. The van der Waals surface area contributed by atoms with Gasteiger partial charge in [0.2, 0.25) is 0 Å². The fourth-order valence-corrected chi connectivity index (χ4v) is 1.28. The molecule has 81 valence electrons. The van der Waals surface area contributed by atoms with Gasteiger partial charge in [-0.25, -0.2) is 0 Å².